The highest BCUT2D eigenvalue weighted by molar-refractivity contribution is 6.17. The summed E-state index contributed by atoms with van der Waals surface area (Å²) in [7, 11) is 0. The van der Waals surface area contributed by atoms with Crippen LogP contribution in [0.1, 0.15) is 29.8 Å². The van der Waals surface area contributed by atoms with Crippen LogP contribution in [0.2, 0.25) is 0 Å². The largest absolute Gasteiger partial charge is 0.365 e. The van der Waals surface area contributed by atoms with Gasteiger partial charge in [-0.1, -0.05) is 53.7 Å². The van der Waals surface area contributed by atoms with Gasteiger partial charge in [-0.15, -0.1) is 0 Å². The molecule has 0 saturated carbocycles. The SMILES string of the molecule is CC(=O)N(C(C)=O)/C(=N/OC(=O)c1ccccc1)c1ccccc1. The van der Waals surface area contributed by atoms with Gasteiger partial charge in [0.1, 0.15) is 0 Å². The molecule has 0 aliphatic heterocycles. The highest BCUT2D eigenvalue weighted by atomic mass is 16.7. The van der Waals surface area contributed by atoms with Crippen LogP contribution in [-0.4, -0.2) is 28.5 Å². The van der Waals surface area contributed by atoms with Gasteiger partial charge in [-0.3, -0.25) is 9.59 Å². The third-order valence-corrected chi connectivity index (χ3v) is 3.10. The topological polar surface area (TPSA) is 76.0 Å². The first-order chi connectivity index (χ1) is 11.5. The summed E-state index contributed by atoms with van der Waals surface area (Å²) in [6, 6.07) is 16.9. The van der Waals surface area contributed by atoms with E-state index in [1.54, 1.807) is 60.7 Å². The van der Waals surface area contributed by atoms with Crippen LogP contribution in [0.25, 0.3) is 0 Å². The highest BCUT2D eigenvalue weighted by Gasteiger charge is 2.23. The lowest BCUT2D eigenvalue weighted by Gasteiger charge is -2.18. The fraction of sp³-hybridized carbons (Fsp3) is 0.111. The number of imide groups is 1. The summed E-state index contributed by atoms with van der Waals surface area (Å²) in [5.74, 6) is -1.78. The minimum atomic E-state index is -0.684. The molecule has 0 atom stereocenters. The fourth-order valence-corrected chi connectivity index (χ4v) is 2.04. The molecule has 0 N–H and O–H groups in total. The van der Waals surface area contributed by atoms with Gasteiger partial charge in [0.05, 0.1) is 5.56 Å². The molecule has 0 aromatic heterocycles. The molecule has 0 saturated heterocycles. The molecule has 0 radical (unpaired) electrons. The maximum Gasteiger partial charge on any atom is 0.365 e. The van der Waals surface area contributed by atoms with Crippen molar-refractivity contribution in [2.24, 2.45) is 5.16 Å². The Morgan fingerprint density at radius 2 is 1.25 bits per heavy atom. The molecule has 0 aliphatic rings. The Hall–Kier alpha value is -3.28. The Bertz CT molecular complexity index is 756. The molecule has 24 heavy (non-hydrogen) atoms. The molecule has 2 amide bonds. The number of carbonyl (C=O) groups is 3. The van der Waals surface area contributed by atoms with Gasteiger partial charge in [-0.2, -0.15) is 0 Å². The van der Waals surface area contributed by atoms with Crippen molar-refractivity contribution in [1.82, 2.24) is 4.90 Å². The molecular weight excluding hydrogens is 308 g/mol. The maximum atomic E-state index is 12.0. The average Bonchev–Trinajstić information content (AvgIpc) is 2.59. The molecule has 6 heteroatoms. The van der Waals surface area contributed by atoms with Crippen LogP contribution in [0.4, 0.5) is 0 Å². The molecule has 2 rings (SSSR count). The number of rotatable bonds is 3. The van der Waals surface area contributed by atoms with E-state index in [2.05, 4.69) is 5.16 Å². The molecule has 0 aliphatic carbocycles. The standard InChI is InChI=1S/C18H16N2O4/c1-13(21)20(14(2)22)17(15-9-5-3-6-10-15)19-24-18(23)16-11-7-4-8-12-16/h3-12H,1-2H3/b19-17+. The molecule has 0 heterocycles. The first kappa shape index (κ1) is 17.1. The Kier molecular flexibility index (Phi) is 5.57. The predicted octanol–water partition coefficient (Wildman–Crippen LogP) is 2.60. The minimum absolute atomic E-state index is 0.0418. The normalized spacial score (nSPS) is 10.8. The summed E-state index contributed by atoms with van der Waals surface area (Å²) in [6.07, 6.45) is 0. The number of hydrogen-bond donors (Lipinski definition) is 0. The van der Waals surface area contributed by atoms with E-state index < -0.39 is 17.8 Å². The Balaban J connectivity index is 2.37. The molecule has 0 bridgehead atoms. The first-order valence-electron chi connectivity index (χ1n) is 7.21. The number of carbonyl (C=O) groups excluding carboxylic acids is 3. The van der Waals surface area contributed by atoms with Gasteiger partial charge in [-0.25, -0.2) is 9.69 Å². The zero-order chi connectivity index (χ0) is 17.5. The lowest BCUT2D eigenvalue weighted by molar-refractivity contribution is -0.137. The number of amides is 2. The van der Waals surface area contributed by atoms with E-state index >= 15 is 0 Å². The van der Waals surface area contributed by atoms with Gasteiger partial charge in [0, 0.05) is 19.4 Å². The van der Waals surface area contributed by atoms with E-state index in [4.69, 9.17) is 4.84 Å². The second kappa shape index (κ2) is 7.82. The van der Waals surface area contributed by atoms with Crippen molar-refractivity contribution >= 4 is 23.6 Å². The Labute approximate surface area is 139 Å². The molecule has 0 fully saturated rings. The number of oxime groups is 1. The summed E-state index contributed by atoms with van der Waals surface area (Å²) in [6.45, 7) is 2.47. The van der Waals surface area contributed by atoms with E-state index in [0.717, 1.165) is 4.90 Å². The van der Waals surface area contributed by atoms with Crippen LogP contribution in [-0.2, 0) is 14.4 Å². The van der Waals surface area contributed by atoms with Crippen molar-refractivity contribution in [3.63, 3.8) is 0 Å². The molecule has 0 unspecified atom stereocenters. The fourth-order valence-electron chi connectivity index (χ4n) is 2.04. The highest BCUT2D eigenvalue weighted by Crippen LogP contribution is 2.09. The van der Waals surface area contributed by atoms with Crippen molar-refractivity contribution in [3.8, 4) is 0 Å². The van der Waals surface area contributed by atoms with Crippen molar-refractivity contribution in [2.75, 3.05) is 0 Å². The zero-order valence-corrected chi connectivity index (χ0v) is 13.3. The van der Waals surface area contributed by atoms with E-state index in [0.29, 0.717) is 11.1 Å². The van der Waals surface area contributed by atoms with E-state index in [1.165, 1.54) is 13.8 Å². The molecule has 0 spiro atoms. The van der Waals surface area contributed by atoms with Crippen molar-refractivity contribution in [3.05, 3.63) is 71.8 Å². The Morgan fingerprint density at radius 3 is 1.71 bits per heavy atom. The number of nitrogens with zero attached hydrogens (tertiary/aromatic N) is 2. The van der Waals surface area contributed by atoms with Crippen LogP contribution in [0, 0.1) is 0 Å². The summed E-state index contributed by atoms with van der Waals surface area (Å²) in [4.78, 5) is 41.4. The van der Waals surface area contributed by atoms with Gasteiger partial charge >= 0.3 is 5.97 Å². The third kappa shape index (κ3) is 4.13. The maximum absolute atomic E-state index is 12.0. The predicted molar refractivity (Wildman–Crippen MR) is 88.0 cm³/mol. The Morgan fingerprint density at radius 1 is 0.792 bits per heavy atom. The minimum Gasteiger partial charge on any atom is -0.311 e. The van der Waals surface area contributed by atoms with Gasteiger partial charge < -0.3 is 4.84 Å². The van der Waals surface area contributed by atoms with Crippen molar-refractivity contribution in [1.29, 1.82) is 0 Å². The van der Waals surface area contributed by atoms with E-state index in [9.17, 15) is 14.4 Å². The zero-order valence-electron chi connectivity index (χ0n) is 13.3. The summed E-state index contributed by atoms with van der Waals surface area (Å²) >= 11 is 0. The lowest BCUT2D eigenvalue weighted by atomic mass is 10.2. The van der Waals surface area contributed by atoms with Gasteiger partial charge in [-0.05, 0) is 12.1 Å². The number of benzene rings is 2. The van der Waals surface area contributed by atoms with Gasteiger partial charge in [0.2, 0.25) is 11.8 Å². The molecule has 6 nitrogen and oxygen atoms in total. The second-order valence-electron chi connectivity index (χ2n) is 4.90. The second-order valence-corrected chi connectivity index (χ2v) is 4.90. The van der Waals surface area contributed by atoms with E-state index in [1.807, 2.05) is 0 Å². The van der Waals surface area contributed by atoms with Crippen LogP contribution in [0.5, 0.6) is 0 Å². The summed E-state index contributed by atoms with van der Waals surface area (Å²) < 4.78 is 0. The van der Waals surface area contributed by atoms with Crippen molar-refractivity contribution < 1.29 is 19.2 Å². The first-order valence-corrected chi connectivity index (χ1v) is 7.21. The van der Waals surface area contributed by atoms with Gasteiger partial charge in [0.15, 0.2) is 5.84 Å². The smallest absolute Gasteiger partial charge is 0.311 e. The lowest BCUT2D eigenvalue weighted by Crippen LogP contribution is -2.39. The average molecular weight is 324 g/mol. The van der Waals surface area contributed by atoms with Crippen LogP contribution in [0.15, 0.2) is 65.8 Å². The van der Waals surface area contributed by atoms with Crippen molar-refractivity contribution in [2.45, 2.75) is 13.8 Å². The van der Waals surface area contributed by atoms with Crippen LogP contribution < -0.4 is 0 Å². The van der Waals surface area contributed by atoms with Crippen LogP contribution >= 0.6 is 0 Å². The molecular formula is C18H16N2O4. The monoisotopic (exact) mass is 324 g/mol. The number of hydrogen-bond acceptors (Lipinski definition) is 5. The molecule has 2 aromatic rings. The molecule has 2 aromatic carbocycles. The molecule has 122 valence electrons. The van der Waals surface area contributed by atoms with Gasteiger partial charge in [0.25, 0.3) is 0 Å². The summed E-state index contributed by atoms with van der Waals surface area (Å²) in [5.41, 5.74) is 0.787. The summed E-state index contributed by atoms with van der Waals surface area (Å²) in [5, 5.41) is 3.76. The number of amidine groups is 1. The quantitative estimate of drug-likeness (QED) is 0.376. The third-order valence-electron chi connectivity index (χ3n) is 3.10. The van der Waals surface area contributed by atoms with E-state index in [-0.39, 0.29) is 5.84 Å². The van der Waals surface area contributed by atoms with Crippen LogP contribution in [0.3, 0.4) is 0 Å².